The first-order valence-electron chi connectivity index (χ1n) is 10.1. The largest absolute Gasteiger partial charge is 0.462 e. The highest BCUT2D eigenvalue weighted by Gasteiger charge is 2.71. The molecule has 0 spiro atoms. The summed E-state index contributed by atoms with van der Waals surface area (Å²) in [6.45, 7) is 5.99. The van der Waals surface area contributed by atoms with Gasteiger partial charge in [-0.25, -0.2) is 4.79 Å². The van der Waals surface area contributed by atoms with Crippen LogP contribution in [0.1, 0.15) is 66.2 Å². The second-order valence-electron chi connectivity index (χ2n) is 8.04. The molecule has 0 aromatic rings. The fourth-order valence-corrected chi connectivity index (χ4v) is 4.20. The molecular weight excluding hydrogens is 389 g/mol. The number of halogens is 3. The van der Waals surface area contributed by atoms with Crippen molar-refractivity contribution in [2.45, 2.75) is 84.0 Å². The molecule has 1 saturated carbocycles. The maximum Gasteiger partial charge on any atom is 0.425 e. The number of rotatable bonds is 6. The van der Waals surface area contributed by atoms with Crippen LogP contribution in [0.15, 0.2) is 11.3 Å². The van der Waals surface area contributed by atoms with Gasteiger partial charge in [0, 0.05) is 18.2 Å². The molecule has 0 radical (unpaired) electrons. The third kappa shape index (κ3) is 4.28. The SMILES string of the molecule is CCOC(=O)C1=C(C)N(C2CCCCC2)C(=O)C1(NC(=O)CC(C)C)C(F)(F)F. The summed E-state index contributed by atoms with van der Waals surface area (Å²) in [5.74, 6) is -3.72. The minimum Gasteiger partial charge on any atom is -0.462 e. The predicted octanol–water partition coefficient (Wildman–Crippen LogP) is 3.46. The Bertz CT molecular complexity index is 696. The first-order valence-corrected chi connectivity index (χ1v) is 10.1. The molecule has 1 atom stereocenters. The van der Waals surface area contributed by atoms with Crippen LogP contribution in [-0.4, -0.2) is 47.0 Å². The van der Waals surface area contributed by atoms with Gasteiger partial charge in [0.25, 0.3) is 5.91 Å². The molecule has 1 fully saturated rings. The monoisotopic (exact) mass is 418 g/mol. The van der Waals surface area contributed by atoms with Gasteiger partial charge in [0.1, 0.15) is 5.57 Å². The average Bonchev–Trinajstić information content (AvgIpc) is 2.82. The van der Waals surface area contributed by atoms with Crippen molar-refractivity contribution in [2.24, 2.45) is 5.92 Å². The molecule has 2 aliphatic rings. The van der Waals surface area contributed by atoms with E-state index >= 15 is 0 Å². The summed E-state index contributed by atoms with van der Waals surface area (Å²) in [7, 11) is 0. The summed E-state index contributed by atoms with van der Waals surface area (Å²) in [5, 5.41) is 1.89. The lowest BCUT2D eigenvalue weighted by Crippen LogP contribution is -2.67. The molecule has 0 bridgehead atoms. The van der Waals surface area contributed by atoms with Crippen LogP contribution in [0.5, 0.6) is 0 Å². The lowest BCUT2D eigenvalue weighted by molar-refractivity contribution is -0.197. The van der Waals surface area contributed by atoms with E-state index in [4.69, 9.17) is 4.74 Å². The molecule has 0 aromatic heterocycles. The van der Waals surface area contributed by atoms with Gasteiger partial charge in [0.15, 0.2) is 0 Å². The summed E-state index contributed by atoms with van der Waals surface area (Å²) in [5.41, 5.74) is -4.35. The summed E-state index contributed by atoms with van der Waals surface area (Å²) >= 11 is 0. The van der Waals surface area contributed by atoms with Crippen LogP contribution in [0.2, 0.25) is 0 Å². The zero-order chi connectivity index (χ0) is 22.0. The molecule has 6 nitrogen and oxygen atoms in total. The quantitative estimate of drug-likeness (QED) is 0.671. The Morgan fingerprint density at radius 1 is 1.24 bits per heavy atom. The number of hydrogen-bond acceptors (Lipinski definition) is 4. The molecule has 0 saturated heterocycles. The molecule has 0 aromatic carbocycles. The van der Waals surface area contributed by atoms with Crippen molar-refractivity contribution in [3.05, 3.63) is 11.3 Å². The third-order valence-electron chi connectivity index (χ3n) is 5.40. The number of alkyl halides is 3. The second kappa shape index (κ2) is 8.75. The topological polar surface area (TPSA) is 75.7 Å². The van der Waals surface area contributed by atoms with Gasteiger partial charge in [-0.2, -0.15) is 13.2 Å². The van der Waals surface area contributed by atoms with E-state index in [-0.39, 0.29) is 24.6 Å². The zero-order valence-electron chi connectivity index (χ0n) is 17.3. The maximum atomic E-state index is 14.4. The standard InChI is InChI=1S/C20H29F3N2O4/c1-5-29-17(27)16-13(4)25(14-9-7-6-8-10-14)18(28)19(16,20(21,22)23)24-15(26)11-12(2)3/h12,14H,5-11H2,1-4H3,(H,24,26). The number of ether oxygens (including phenoxy) is 1. The van der Waals surface area contributed by atoms with Crippen molar-refractivity contribution < 1.29 is 32.3 Å². The molecule has 1 heterocycles. The van der Waals surface area contributed by atoms with Crippen molar-refractivity contribution in [3.63, 3.8) is 0 Å². The minimum atomic E-state index is -5.20. The number of allylic oxidation sites excluding steroid dienone is 1. The van der Waals surface area contributed by atoms with E-state index < -0.39 is 41.1 Å². The highest BCUT2D eigenvalue weighted by atomic mass is 19.4. The predicted molar refractivity (Wildman–Crippen MR) is 99.4 cm³/mol. The summed E-state index contributed by atoms with van der Waals surface area (Å²) < 4.78 is 48.1. The van der Waals surface area contributed by atoms with Crippen LogP contribution in [0, 0.1) is 5.92 Å². The Labute approximate surface area is 168 Å². The Balaban J connectivity index is 2.62. The van der Waals surface area contributed by atoms with Gasteiger partial charge >= 0.3 is 12.1 Å². The molecule has 2 rings (SSSR count). The first-order chi connectivity index (χ1) is 13.5. The normalized spacial score (nSPS) is 23.7. The lowest BCUT2D eigenvalue weighted by atomic mass is 9.88. The summed E-state index contributed by atoms with van der Waals surface area (Å²) in [4.78, 5) is 39.3. The van der Waals surface area contributed by atoms with Crippen LogP contribution in [0.3, 0.4) is 0 Å². The molecule has 2 amide bonds. The van der Waals surface area contributed by atoms with Crippen molar-refractivity contribution in [2.75, 3.05) is 6.61 Å². The van der Waals surface area contributed by atoms with Crippen molar-refractivity contribution >= 4 is 17.8 Å². The molecule has 164 valence electrons. The smallest absolute Gasteiger partial charge is 0.425 e. The Morgan fingerprint density at radius 3 is 2.31 bits per heavy atom. The van der Waals surface area contributed by atoms with Gasteiger partial charge in [-0.1, -0.05) is 33.1 Å². The van der Waals surface area contributed by atoms with Gasteiger partial charge in [0.05, 0.1) is 6.61 Å². The van der Waals surface area contributed by atoms with Crippen LogP contribution >= 0.6 is 0 Å². The van der Waals surface area contributed by atoms with Gasteiger partial charge in [0.2, 0.25) is 11.4 Å². The number of carbonyl (C=O) groups excluding carboxylic acids is 3. The molecule has 1 unspecified atom stereocenters. The van der Waals surface area contributed by atoms with Crippen molar-refractivity contribution in [1.29, 1.82) is 0 Å². The summed E-state index contributed by atoms with van der Waals surface area (Å²) in [6.07, 6.45) is -1.79. The Hall–Kier alpha value is -2.06. The number of esters is 1. The molecule has 29 heavy (non-hydrogen) atoms. The molecule has 1 N–H and O–H groups in total. The fourth-order valence-electron chi connectivity index (χ4n) is 4.20. The summed E-state index contributed by atoms with van der Waals surface area (Å²) in [6, 6.07) is -0.438. The van der Waals surface area contributed by atoms with E-state index in [9.17, 15) is 27.6 Å². The average molecular weight is 418 g/mol. The van der Waals surface area contributed by atoms with Crippen LogP contribution in [0.4, 0.5) is 13.2 Å². The van der Waals surface area contributed by atoms with Gasteiger partial charge in [-0.15, -0.1) is 0 Å². The van der Waals surface area contributed by atoms with Gasteiger partial charge < -0.3 is 15.0 Å². The second-order valence-corrected chi connectivity index (χ2v) is 8.04. The van der Waals surface area contributed by atoms with Crippen LogP contribution in [-0.2, 0) is 19.1 Å². The van der Waals surface area contributed by atoms with Crippen molar-refractivity contribution in [3.8, 4) is 0 Å². The first kappa shape index (κ1) is 23.2. The number of carbonyl (C=O) groups is 3. The Kier molecular flexibility index (Phi) is 7.01. The third-order valence-corrected chi connectivity index (χ3v) is 5.40. The van der Waals surface area contributed by atoms with Gasteiger partial charge in [-0.3, -0.25) is 9.59 Å². The number of amides is 2. The van der Waals surface area contributed by atoms with E-state index in [0.717, 1.165) is 24.2 Å². The van der Waals surface area contributed by atoms with E-state index in [1.54, 1.807) is 13.8 Å². The lowest BCUT2D eigenvalue weighted by Gasteiger charge is -2.36. The fraction of sp³-hybridized carbons (Fsp3) is 0.750. The molecule has 1 aliphatic heterocycles. The van der Waals surface area contributed by atoms with Crippen LogP contribution < -0.4 is 5.32 Å². The van der Waals surface area contributed by atoms with E-state index in [1.165, 1.54) is 13.8 Å². The minimum absolute atomic E-state index is 0.0949. The Morgan fingerprint density at radius 2 is 1.83 bits per heavy atom. The zero-order valence-corrected chi connectivity index (χ0v) is 17.3. The van der Waals surface area contributed by atoms with E-state index in [0.29, 0.717) is 12.8 Å². The highest BCUT2D eigenvalue weighted by Crippen LogP contribution is 2.47. The number of nitrogens with zero attached hydrogens (tertiary/aromatic N) is 1. The van der Waals surface area contributed by atoms with E-state index in [2.05, 4.69) is 0 Å². The molecule has 1 aliphatic carbocycles. The number of hydrogen-bond donors (Lipinski definition) is 1. The highest BCUT2D eigenvalue weighted by molar-refractivity contribution is 6.10. The number of nitrogens with one attached hydrogen (secondary N) is 1. The van der Waals surface area contributed by atoms with Crippen LogP contribution in [0.25, 0.3) is 0 Å². The van der Waals surface area contributed by atoms with E-state index in [1.807, 2.05) is 5.32 Å². The molecular formula is C20H29F3N2O4. The maximum absolute atomic E-state index is 14.4. The molecule has 9 heteroatoms. The van der Waals surface area contributed by atoms with Gasteiger partial charge in [-0.05, 0) is 32.6 Å². The van der Waals surface area contributed by atoms with Crippen molar-refractivity contribution in [1.82, 2.24) is 10.2 Å².